The predicted molar refractivity (Wildman–Crippen MR) is 117 cm³/mol. The number of piperidine rings is 1. The fourth-order valence-electron chi connectivity index (χ4n) is 4.82. The third-order valence-electron chi connectivity index (χ3n) is 6.24. The number of nitriles is 1. The van der Waals surface area contributed by atoms with Crippen molar-refractivity contribution in [1.82, 2.24) is 9.97 Å². The Morgan fingerprint density at radius 2 is 1.94 bits per heavy atom. The van der Waals surface area contributed by atoms with Gasteiger partial charge in [-0.1, -0.05) is 18.2 Å². The summed E-state index contributed by atoms with van der Waals surface area (Å²) in [7, 11) is 0. The summed E-state index contributed by atoms with van der Waals surface area (Å²) in [6.45, 7) is 6.51. The number of ether oxygens (including phenoxy) is 1. The zero-order chi connectivity index (χ0) is 22.1. The molecule has 31 heavy (non-hydrogen) atoms. The van der Waals surface area contributed by atoms with Crippen LogP contribution < -0.4 is 20.5 Å². The summed E-state index contributed by atoms with van der Waals surface area (Å²) >= 11 is 0. The molecular weight excluding hydrogens is 394 g/mol. The molecule has 2 N–H and O–H groups in total. The largest absolute Gasteiger partial charge is 0.494 e. The van der Waals surface area contributed by atoms with Gasteiger partial charge in [0.15, 0.2) is 0 Å². The second-order valence-electron chi connectivity index (χ2n) is 8.23. The summed E-state index contributed by atoms with van der Waals surface area (Å²) in [5.74, 6) is -1.06. The number of benzene rings is 1. The fraction of sp³-hybridized carbons (Fsp3) is 0.478. The van der Waals surface area contributed by atoms with E-state index < -0.39 is 17.7 Å². The lowest BCUT2D eigenvalue weighted by atomic mass is 9.79. The van der Waals surface area contributed by atoms with Crippen molar-refractivity contribution in [2.45, 2.75) is 58.0 Å². The molecule has 1 aromatic carbocycles. The van der Waals surface area contributed by atoms with E-state index in [1.807, 2.05) is 19.1 Å². The molecule has 1 saturated heterocycles. The minimum Gasteiger partial charge on any atom is -0.494 e. The molecule has 4 atom stereocenters. The summed E-state index contributed by atoms with van der Waals surface area (Å²) in [6, 6.07) is 9.74. The first-order chi connectivity index (χ1) is 15.0. The minimum absolute atomic E-state index is 0.219. The molecule has 4 unspecified atom stereocenters. The summed E-state index contributed by atoms with van der Waals surface area (Å²) in [5, 5.41) is 12.5. The molecule has 1 aromatic heterocycles. The number of para-hydroxylation sites is 1. The highest BCUT2D eigenvalue weighted by molar-refractivity contribution is 5.98. The Kier molecular flexibility index (Phi) is 5.68. The van der Waals surface area contributed by atoms with Crippen molar-refractivity contribution in [2.24, 2.45) is 5.92 Å². The third kappa shape index (κ3) is 3.65. The summed E-state index contributed by atoms with van der Waals surface area (Å²) < 4.78 is 5.74. The van der Waals surface area contributed by atoms with Gasteiger partial charge in [-0.15, -0.1) is 0 Å². The monoisotopic (exact) mass is 421 g/mol. The van der Waals surface area contributed by atoms with Crippen LogP contribution in [0.5, 0.6) is 5.75 Å². The molecule has 2 aromatic rings. The second-order valence-corrected chi connectivity index (χ2v) is 8.23. The van der Waals surface area contributed by atoms with Gasteiger partial charge in [-0.3, -0.25) is 14.6 Å². The molecule has 2 aliphatic heterocycles. The van der Waals surface area contributed by atoms with Gasteiger partial charge in [0, 0.05) is 23.6 Å². The number of carbonyl (C=O) groups excluding carboxylic acids is 1. The van der Waals surface area contributed by atoms with E-state index in [1.165, 1.54) is 0 Å². The number of hydrogen-bond acceptors (Lipinski definition) is 6. The number of rotatable bonds is 4. The van der Waals surface area contributed by atoms with Crippen LogP contribution >= 0.6 is 0 Å². The number of aromatic amines is 1. The maximum absolute atomic E-state index is 13.3. The minimum atomic E-state index is -1.06. The van der Waals surface area contributed by atoms with Crippen LogP contribution in [0.15, 0.2) is 29.1 Å². The van der Waals surface area contributed by atoms with Crippen LogP contribution in [-0.4, -0.2) is 34.6 Å². The van der Waals surface area contributed by atoms with E-state index in [0.717, 1.165) is 19.3 Å². The van der Waals surface area contributed by atoms with E-state index in [0.29, 0.717) is 29.4 Å². The lowest BCUT2D eigenvalue weighted by molar-refractivity contribution is -0.119. The van der Waals surface area contributed by atoms with Crippen molar-refractivity contribution in [3.63, 3.8) is 0 Å². The number of hydrogen-bond donors (Lipinski definition) is 2. The molecule has 3 heterocycles. The quantitative estimate of drug-likeness (QED) is 0.784. The van der Waals surface area contributed by atoms with Crippen molar-refractivity contribution in [2.75, 3.05) is 16.8 Å². The molecule has 0 bridgehead atoms. The standard InChI is InChI=1S/C23H27N5O3/c1-4-31-17-11-6-5-10-15(17)18-16(12-24)21(29)25-20-19(18)22(30)27-23(26-20)28-13(2)8-7-9-14(28)3/h5-6,10-11,13-14,16,18H,4,7-9H2,1-3H3,(H2,25,26,27,29,30). The molecule has 0 spiro atoms. The average Bonchev–Trinajstić information content (AvgIpc) is 2.73. The predicted octanol–water partition coefficient (Wildman–Crippen LogP) is 3.16. The maximum atomic E-state index is 13.3. The Morgan fingerprint density at radius 3 is 2.61 bits per heavy atom. The van der Waals surface area contributed by atoms with Crippen LogP contribution in [0.2, 0.25) is 0 Å². The van der Waals surface area contributed by atoms with E-state index in [-0.39, 0.29) is 23.5 Å². The molecule has 0 saturated carbocycles. The van der Waals surface area contributed by atoms with Crippen LogP contribution in [0.4, 0.5) is 11.8 Å². The van der Waals surface area contributed by atoms with Gasteiger partial charge in [-0.25, -0.2) is 0 Å². The van der Waals surface area contributed by atoms with Crippen molar-refractivity contribution < 1.29 is 9.53 Å². The van der Waals surface area contributed by atoms with Gasteiger partial charge in [0.25, 0.3) is 5.56 Å². The molecule has 1 amide bonds. The van der Waals surface area contributed by atoms with E-state index in [1.54, 1.807) is 12.1 Å². The highest BCUT2D eigenvalue weighted by Crippen LogP contribution is 2.42. The zero-order valence-corrected chi connectivity index (χ0v) is 18.0. The Hall–Kier alpha value is -3.34. The van der Waals surface area contributed by atoms with Crippen molar-refractivity contribution in [3.8, 4) is 11.8 Å². The Morgan fingerprint density at radius 1 is 1.23 bits per heavy atom. The first-order valence-corrected chi connectivity index (χ1v) is 10.8. The van der Waals surface area contributed by atoms with E-state index in [9.17, 15) is 14.9 Å². The summed E-state index contributed by atoms with van der Waals surface area (Å²) in [5.41, 5.74) is 0.577. The number of fused-ring (bicyclic) bond motifs is 1. The molecule has 8 nitrogen and oxygen atoms in total. The lowest BCUT2D eigenvalue weighted by Crippen LogP contribution is -2.46. The van der Waals surface area contributed by atoms with Crippen LogP contribution in [-0.2, 0) is 4.79 Å². The molecule has 162 valence electrons. The zero-order valence-electron chi connectivity index (χ0n) is 18.0. The van der Waals surface area contributed by atoms with Gasteiger partial charge >= 0.3 is 0 Å². The van der Waals surface area contributed by atoms with Crippen LogP contribution in [0.1, 0.15) is 57.1 Å². The lowest BCUT2D eigenvalue weighted by Gasteiger charge is -2.40. The molecule has 0 radical (unpaired) electrons. The van der Waals surface area contributed by atoms with Gasteiger partial charge in [-0.05, 0) is 46.1 Å². The Balaban J connectivity index is 1.88. The number of H-pyrrole nitrogens is 1. The fourth-order valence-corrected chi connectivity index (χ4v) is 4.82. The van der Waals surface area contributed by atoms with Gasteiger partial charge in [0.05, 0.1) is 18.2 Å². The molecule has 0 aliphatic carbocycles. The topological polar surface area (TPSA) is 111 Å². The highest BCUT2D eigenvalue weighted by atomic mass is 16.5. The number of carbonyl (C=O) groups is 1. The number of anilines is 2. The van der Waals surface area contributed by atoms with Gasteiger partial charge in [0.2, 0.25) is 11.9 Å². The van der Waals surface area contributed by atoms with E-state index in [2.05, 4.69) is 40.1 Å². The number of amides is 1. The van der Waals surface area contributed by atoms with Gasteiger partial charge in [-0.2, -0.15) is 10.2 Å². The third-order valence-corrected chi connectivity index (χ3v) is 6.24. The number of nitrogens with zero attached hydrogens (tertiary/aromatic N) is 3. The molecule has 8 heteroatoms. The van der Waals surface area contributed by atoms with E-state index in [4.69, 9.17) is 4.74 Å². The normalized spacial score (nSPS) is 25.4. The van der Waals surface area contributed by atoms with Crippen molar-refractivity contribution >= 4 is 17.7 Å². The Labute approximate surface area is 181 Å². The SMILES string of the molecule is CCOc1ccccc1C1c2c(nc(N3C(C)CCCC3C)[nH]c2=O)NC(=O)C1C#N. The number of aromatic nitrogens is 2. The molecular formula is C23H27N5O3. The molecule has 1 fully saturated rings. The highest BCUT2D eigenvalue weighted by Gasteiger charge is 2.42. The average molecular weight is 422 g/mol. The smallest absolute Gasteiger partial charge is 0.258 e. The first-order valence-electron chi connectivity index (χ1n) is 10.8. The Bertz CT molecular complexity index is 1080. The number of nitrogens with one attached hydrogen (secondary N) is 2. The van der Waals surface area contributed by atoms with E-state index >= 15 is 0 Å². The second kappa shape index (κ2) is 8.42. The van der Waals surface area contributed by atoms with Crippen LogP contribution in [0.3, 0.4) is 0 Å². The van der Waals surface area contributed by atoms with Crippen LogP contribution in [0, 0.1) is 17.2 Å². The molecule has 4 rings (SSSR count). The first kappa shape index (κ1) is 20.9. The van der Waals surface area contributed by atoms with Crippen LogP contribution in [0.25, 0.3) is 0 Å². The molecule has 2 aliphatic rings. The maximum Gasteiger partial charge on any atom is 0.258 e. The summed E-state index contributed by atoms with van der Waals surface area (Å²) in [4.78, 5) is 35.9. The van der Waals surface area contributed by atoms with Crippen molar-refractivity contribution in [3.05, 3.63) is 45.7 Å². The summed E-state index contributed by atoms with van der Waals surface area (Å²) in [6.07, 6.45) is 3.15. The van der Waals surface area contributed by atoms with Gasteiger partial charge in [0.1, 0.15) is 17.5 Å². The van der Waals surface area contributed by atoms with Gasteiger partial charge < -0.3 is 15.0 Å². The van der Waals surface area contributed by atoms with Crippen molar-refractivity contribution in [1.29, 1.82) is 5.26 Å².